The van der Waals surface area contributed by atoms with Crippen LogP contribution >= 0.6 is 0 Å². The first-order valence-corrected chi connectivity index (χ1v) is 7.77. The normalized spacial score (nSPS) is 11.5. The fourth-order valence-corrected chi connectivity index (χ4v) is 2.45. The lowest BCUT2D eigenvalue weighted by atomic mass is 10.1. The zero-order valence-corrected chi connectivity index (χ0v) is 13.3. The number of benzene rings is 2. The Hall–Kier alpha value is -3.36. The van der Waals surface area contributed by atoms with Gasteiger partial charge in [-0.3, -0.25) is 4.79 Å². The van der Waals surface area contributed by atoms with Crippen LogP contribution in [0.3, 0.4) is 0 Å². The smallest absolute Gasteiger partial charge is 0.251 e. The second kappa shape index (κ2) is 7.47. The number of rotatable bonds is 5. The van der Waals surface area contributed by atoms with Crippen molar-refractivity contribution in [3.63, 3.8) is 0 Å². The summed E-state index contributed by atoms with van der Waals surface area (Å²) in [5.74, 6) is 0.426. The Kier molecular flexibility index (Phi) is 4.93. The molecule has 1 unspecified atom stereocenters. The SMILES string of the molecule is N#Cc1cccc(C(=O)NCC(O)c2ccc(-c3ccco3)cc2)c1. The molecule has 1 amide bonds. The van der Waals surface area contributed by atoms with E-state index in [0.717, 1.165) is 11.3 Å². The molecule has 5 heteroatoms. The highest BCUT2D eigenvalue weighted by Gasteiger charge is 2.12. The second-order valence-electron chi connectivity index (χ2n) is 5.52. The van der Waals surface area contributed by atoms with Crippen molar-refractivity contribution in [3.05, 3.63) is 83.6 Å². The largest absolute Gasteiger partial charge is 0.464 e. The first-order chi connectivity index (χ1) is 12.2. The third-order valence-corrected chi connectivity index (χ3v) is 3.81. The monoisotopic (exact) mass is 332 g/mol. The van der Waals surface area contributed by atoms with Crippen LogP contribution < -0.4 is 5.32 Å². The van der Waals surface area contributed by atoms with Crippen molar-refractivity contribution in [2.45, 2.75) is 6.10 Å². The maximum atomic E-state index is 12.1. The van der Waals surface area contributed by atoms with E-state index in [9.17, 15) is 9.90 Å². The van der Waals surface area contributed by atoms with Crippen molar-refractivity contribution in [3.8, 4) is 17.4 Å². The van der Waals surface area contributed by atoms with Gasteiger partial charge in [0.15, 0.2) is 0 Å². The lowest BCUT2D eigenvalue weighted by Crippen LogP contribution is -2.28. The van der Waals surface area contributed by atoms with Crippen LogP contribution in [0.4, 0.5) is 0 Å². The number of carbonyl (C=O) groups is 1. The average Bonchev–Trinajstić information content (AvgIpc) is 3.20. The van der Waals surface area contributed by atoms with Crippen molar-refractivity contribution in [1.82, 2.24) is 5.32 Å². The number of aliphatic hydroxyl groups is 1. The summed E-state index contributed by atoms with van der Waals surface area (Å²) >= 11 is 0. The van der Waals surface area contributed by atoms with E-state index >= 15 is 0 Å². The lowest BCUT2D eigenvalue weighted by Gasteiger charge is -2.13. The van der Waals surface area contributed by atoms with Crippen molar-refractivity contribution >= 4 is 5.91 Å². The van der Waals surface area contributed by atoms with Gasteiger partial charge in [0.2, 0.25) is 0 Å². The molecule has 0 radical (unpaired) electrons. The van der Waals surface area contributed by atoms with Gasteiger partial charge in [-0.05, 0) is 35.9 Å². The molecule has 0 fully saturated rings. The molecule has 0 saturated carbocycles. The highest BCUT2D eigenvalue weighted by atomic mass is 16.3. The van der Waals surface area contributed by atoms with Crippen molar-refractivity contribution < 1.29 is 14.3 Å². The highest BCUT2D eigenvalue weighted by Crippen LogP contribution is 2.22. The summed E-state index contributed by atoms with van der Waals surface area (Å²) < 4.78 is 5.32. The number of amides is 1. The van der Waals surface area contributed by atoms with Crippen molar-refractivity contribution in [2.24, 2.45) is 0 Å². The van der Waals surface area contributed by atoms with Gasteiger partial charge in [0.25, 0.3) is 5.91 Å². The van der Waals surface area contributed by atoms with Gasteiger partial charge in [0.05, 0.1) is 24.0 Å². The number of furan rings is 1. The Morgan fingerprint density at radius 2 is 1.96 bits per heavy atom. The Bertz CT molecular complexity index is 893. The molecule has 1 heterocycles. The third-order valence-electron chi connectivity index (χ3n) is 3.81. The van der Waals surface area contributed by atoms with Gasteiger partial charge in [-0.1, -0.05) is 30.3 Å². The van der Waals surface area contributed by atoms with Crippen molar-refractivity contribution in [2.75, 3.05) is 6.54 Å². The molecule has 2 N–H and O–H groups in total. The van der Waals surface area contributed by atoms with Crippen molar-refractivity contribution in [1.29, 1.82) is 5.26 Å². The van der Waals surface area contributed by atoms with E-state index in [4.69, 9.17) is 9.68 Å². The van der Waals surface area contributed by atoms with Crippen LogP contribution in [0.15, 0.2) is 71.3 Å². The minimum atomic E-state index is -0.825. The van der Waals surface area contributed by atoms with Crippen LogP contribution in [0.25, 0.3) is 11.3 Å². The number of nitrogens with zero attached hydrogens (tertiary/aromatic N) is 1. The number of hydrogen-bond donors (Lipinski definition) is 2. The molecular weight excluding hydrogens is 316 g/mol. The van der Waals surface area contributed by atoms with Crippen LogP contribution in [0.2, 0.25) is 0 Å². The molecule has 3 aromatic rings. The summed E-state index contributed by atoms with van der Waals surface area (Å²) in [6, 6.07) is 19.4. The number of nitriles is 1. The Balaban J connectivity index is 1.61. The topological polar surface area (TPSA) is 86.3 Å². The van der Waals surface area contributed by atoms with Gasteiger partial charge in [-0.25, -0.2) is 0 Å². The summed E-state index contributed by atoms with van der Waals surface area (Å²) in [5.41, 5.74) is 2.42. The molecule has 0 aliphatic heterocycles. The van der Waals surface area contributed by atoms with Crippen LogP contribution in [-0.2, 0) is 0 Å². The maximum Gasteiger partial charge on any atom is 0.251 e. The molecule has 0 aliphatic carbocycles. The molecule has 124 valence electrons. The summed E-state index contributed by atoms with van der Waals surface area (Å²) in [7, 11) is 0. The van der Waals surface area contributed by atoms with E-state index in [1.54, 1.807) is 36.6 Å². The van der Waals surface area contributed by atoms with Crippen LogP contribution in [-0.4, -0.2) is 17.6 Å². The lowest BCUT2D eigenvalue weighted by molar-refractivity contribution is 0.0916. The fourth-order valence-electron chi connectivity index (χ4n) is 2.45. The third kappa shape index (κ3) is 3.94. The number of nitrogens with one attached hydrogen (secondary N) is 1. The second-order valence-corrected chi connectivity index (χ2v) is 5.52. The van der Waals surface area contributed by atoms with Crippen LogP contribution in [0, 0.1) is 11.3 Å². The summed E-state index contributed by atoms with van der Waals surface area (Å²) in [6.07, 6.45) is 0.781. The van der Waals surface area contributed by atoms with Gasteiger partial charge in [-0.2, -0.15) is 5.26 Å². The van der Waals surface area contributed by atoms with Gasteiger partial charge < -0.3 is 14.8 Å². The molecule has 0 aliphatic rings. The zero-order valence-electron chi connectivity index (χ0n) is 13.3. The first-order valence-electron chi connectivity index (χ1n) is 7.77. The van der Waals surface area contributed by atoms with E-state index in [1.807, 2.05) is 30.3 Å². The number of hydrogen-bond acceptors (Lipinski definition) is 4. The molecular formula is C20H16N2O3. The maximum absolute atomic E-state index is 12.1. The standard InChI is InChI=1S/C20H16N2O3/c21-12-14-3-1-4-17(11-14)20(24)22-13-18(23)15-6-8-16(9-7-15)19-5-2-10-25-19/h1-11,18,23H,13H2,(H,22,24). The van der Waals surface area contributed by atoms with E-state index in [-0.39, 0.29) is 12.5 Å². The Morgan fingerprint density at radius 3 is 2.64 bits per heavy atom. The molecule has 3 rings (SSSR count). The Morgan fingerprint density at radius 1 is 1.16 bits per heavy atom. The molecule has 0 saturated heterocycles. The first kappa shape index (κ1) is 16.5. The molecule has 0 bridgehead atoms. The van der Waals surface area contributed by atoms with Gasteiger partial charge >= 0.3 is 0 Å². The molecule has 0 spiro atoms. The summed E-state index contributed by atoms with van der Waals surface area (Å²) in [4.78, 5) is 12.1. The number of aliphatic hydroxyl groups excluding tert-OH is 1. The van der Waals surface area contributed by atoms with Gasteiger partial charge in [-0.15, -0.1) is 0 Å². The Labute approximate surface area is 145 Å². The van der Waals surface area contributed by atoms with E-state index in [1.165, 1.54) is 6.07 Å². The molecule has 1 aromatic heterocycles. The van der Waals surface area contributed by atoms with Crippen LogP contribution in [0.1, 0.15) is 27.6 Å². The summed E-state index contributed by atoms with van der Waals surface area (Å²) in [5, 5.41) is 21.8. The minimum Gasteiger partial charge on any atom is -0.464 e. The van der Waals surface area contributed by atoms with Gasteiger partial charge in [0, 0.05) is 17.7 Å². The predicted octanol–water partition coefficient (Wildman–Crippen LogP) is 3.28. The molecule has 1 atom stereocenters. The predicted molar refractivity (Wildman–Crippen MR) is 92.6 cm³/mol. The fraction of sp³-hybridized carbons (Fsp3) is 0.100. The zero-order chi connectivity index (χ0) is 17.6. The average molecular weight is 332 g/mol. The van der Waals surface area contributed by atoms with E-state index < -0.39 is 6.10 Å². The van der Waals surface area contributed by atoms with E-state index in [0.29, 0.717) is 16.7 Å². The summed E-state index contributed by atoms with van der Waals surface area (Å²) in [6.45, 7) is 0.0791. The quantitative estimate of drug-likeness (QED) is 0.751. The van der Waals surface area contributed by atoms with Gasteiger partial charge in [0.1, 0.15) is 5.76 Å². The highest BCUT2D eigenvalue weighted by molar-refractivity contribution is 5.94. The van der Waals surface area contributed by atoms with E-state index in [2.05, 4.69) is 5.32 Å². The molecule has 25 heavy (non-hydrogen) atoms. The minimum absolute atomic E-state index is 0.0791. The molecule has 2 aromatic carbocycles. The molecule has 5 nitrogen and oxygen atoms in total. The number of carbonyl (C=O) groups excluding carboxylic acids is 1. The van der Waals surface area contributed by atoms with Crippen LogP contribution in [0.5, 0.6) is 0 Å².